The van der Waals surface area contributed by atoms with Gasteiger partial charge in [0.15, 0.2) is 11.6 Å². The molecule has 1 aromatic heterocycles. The van der Waals surface area contributed by atoms with E-state index in [1.807, 2.05) is 0 Å². The maximum atomic E-state index is 12.9. The number of halogens is 2. The normalized spacial score (nSPS) is 10.3. The predicted octanol–water partition coefficient (Wildman–Crippen LogP) is 2.35. The molecular formula is C11H8F2N2. The zero-order valence-electron chi connectivity index (χ0n) is 7.82. The van der Waals surface area contributed by atoms with Crippen molar-refractivity contribution in [1.29, 1.82) is 0 Å². The average Bonchev–Trinajstić information content (AvgIpc) is 2.25. The number of rotatable bonds is 2. The van der Waals surface area contributed by atoms with Crippen molar-refractivity contribution in [3.05, 3.63) is 59.7 Å². The molecule has 4 heteroatoms. The molecule has 0 bridgehead atoms. The van der Waals surface area contributed by atoms with Crippen LogP contribution in [0.4, 0.5) is 8.78 Å². The second kappa shape index (κ2) is 4.13. The summed E-state index contributed by atoms with van der Waals surface area (Å²) in [6, 6.07) is 3.85. The van der Waals surface area contributed by atoms with Gasteiger partial charge in [0.25, 0.3) is 0 Å². The van der Waals surface area contributed by atoms with Crippen LogP contribution in [0.15, 0.2) is 36.9 Å². The molecule has 2 rings (SSSR count). The molecule has 1 heterocycles. The minimum Gasteiger partial charge on any atom is -0.245 e. The lowest BCUT2D eigenvalue weighted by Gasteiger charge is -2.01. The van der Waals surface area contributed by atoms with E-state index in [0.717, 1.165) is 11.6 Å². The molecule has 0 fully saturated rings. The van der Waals surface area contributed by atoms with Crippen LogP contribution in [0.1, 0.15) is 11.1 Å². The maximum absolute atomic E-state index is 12.9. The zero-order valence-corrected chi connectivity index (χ0v) is 7.82. The Kier molecular flexibility index (Phi) is 2.67. The summed E-state index contributed by atoms with van der Waals surface area (Å²) < 4.78 is 25.5. The highest BCUT2D eigenvalue weighted by Crippen LogP contribution is 2.12. The van der Waals surface area contributed by atoms with Crippen molar-refractivity contribution >= 4 is 0 Å². The number of hydrogen-bond donors (Lipinski definition) is 0. The third-order valence-corrected chi connectivity index (χ3v) is 2.01. The first-order valence-corrected chi connectivity index (χ1v) is 4.43. The van der Waals surface area contributed by atoms with E-state index in [1.54, 1.807) is 18.5 Å². The maximum Gasteiger partial charge on any atom is 0.159 e. The first-order valence-electron chi connectivity index (χ1n) is 4.43. The van der Waals surface area contributed by atoms with Crippen molar-refractivity contribution in [2.45, 2.75) is 6.42 Å². The molecule has 2 nitrogen and oxygen atoms in total. The van der Waals surface area contributed by atoms with E-state index >= 15 is 0 Å². The highest BCUT2D eigenvalue weighted by atomic mass is 19.2. The molecule has 0 radical (unpaired) electrons. The van der Waals surface area contributed by atoms with E-state index in [0.29, 0.717) is 12.0 Å². The summed E-state index contributed by atoms with van der Waals surface area (Å²) in [6.07, 6.45) is 5.22. The SMILES string of the molecule is Fc1ccc(Cc2cncnc2)cc1F. The summed E-state index contributed by atoms with van der Waals surface area (Å²) in [5, 5.41) is 0. The Balaban J connectivity index is 2.22. The molecule has 15 heavy (non-hydrogen) atoms. The highest BCUT2D eigenvalue weighted by molar-refractivity contribution is 5.23. The fourth-order valence-corrected chi connectivity index (χ4v) is 1.31. The highest BCUT2D eigenvalue weighted by Gasteiger charge is 2.03. The van der Waals surface area contributed by atoms with E-state index in [1.165, 1.54) is 12.4 Å². The largest absolute Gasteiger partial charge is 0.245 e. The topological polar surface area (TPSA) is 25.8 Å². The van der Waals surface area contributed by atoms with E-state index in [2.05, 4.69) is 9.97 Å². The van der Waals surface area contributed by atoms with Crippen molar-refractivity contribution in [1.82, 2.24) is 9.97 Å². The molecule has 0 unspecified atom stereocenters. The molecule has 1 aromatic carbocycles. The van der Waals surface area contributed by atoms with Gasteiger partial charge < -0.3 is 0 Å². The third-order valence-electron chi connectivity index (χ3n) is 2.01. The van der Waals surface area contributed by atoms with Crippen LogP contribution in [0.25, 0.3) is 0 Å². The van der Waals surface area contributed by atoms with E-state index < -0.39 is 11.6 Å². The van der Waals surface area contributed by atoms with Gasteiger partial charge in [-0.25, -0.2) is 18.7 Å². The molecule has 0 spiro atoms. The van der Waals surface area contributed by atoms with Crippen LogP contribution in [0.5, 0.6) is 0 Å². The number of aromatic nitrogens is 2. The van der Waals surface area contributed by atoms with Crippen molar-refractivity contribution in [3.63, 3.8) is 0 Å². The van der Waals surface area contributed by atoms with E-state index in [-0.39, 0.29) is 0 Å². The first-order chi connectivity index (χ1) is 7.25. The molecule has 0 atom stereocenters. The monoisotopic (exact) mass is 206 g/mol. The lowest BCUT2D eigenvalue weighted by Crippen LogP contribution is -1.92. The van der Waals surface area contributed by atoms with Gasteiger partial charge in [-0.2, -0.15) is 0 Å². The second-order valence-electron chi connectivity index (χ2n) is 3.17. The summed E-state index contributed by atoms with van der Waals surface area (Å²) >= 11 is 0. The third kappa shape index (κ3) is 2.34. The van der Waals surface area contributed by atoms with Gasteiger partial charge in [0.1, 0.15) is 6.33 Å². The van der Waals surface area contributed by atoms with Crippen LogP contribution in [0, 0.1) is 11.6 Å². The summed E-state index contributed by atoms with van der Waals surface area (Å²) in [5.74, 6) is -1.66. The lowest BCUT2D eigenvalue weighted by atomic mass is 10.1. The zero-order chi connectivity index (χ0) is 10.7. The molecular weight excluding hydrogens is 198 g/mol. The quantitative estimate of drug-likeness (QED) is 0.753. The minimum absolute atomic E-state index is 0.498. The minimum atomic E-state index is -0.830. The number of nitrogens with zero attached hydrogens (tertiary/aromatic N) is 2. The standard InChI is InChI=1S/C11H8F2N2/c12-10-2-1-8(4-11(10)13)3-9-5-14-7-15-6-9/h1-2,4-7H,3H2. The average molecular weight is 206 g/mol. The molecule has 0 N–H and O–H groups in total. The Bertz CT molecular complexity index is 457. The molecule has 0 aliphatic carbocycles. The van der Waals surface area contributed by atoms with Crippen LogP contribution in [-0.4, -0.2) is 9.97 Å². The van der Waals surface area contributed by atoms with Gasteiger partial charge in [-0.1, -0.05) is 6.07 Å². The van der Waals surface area contributed by atoms with Gasteiger partial charge in [-0.3, -0.25) is 0 Å². The van der Waals surface area contributed by atoms with Gasteiger partial charge in [0.2, 0.25) is 0 Å². The van der Waals surface area contributed by atoms with E-state index in [4.69, 9.17) is 0 Å². The van der Waals surface area contributed by atoms with Gasteiger partial charge >= 0.3 is 0 Å². The summed E-state index contributed by atoms with van der Waals surface area (Å²) in [7, 11) is 0. The van der Waals surface area contributed by atoms with Crippen LogP contribution < -0.4 is 0 Å². The Morgan fingerprint density at radius 2 is 1.67 bits per heavy atom. The van der Waals surface area contributed by atoms with Crippen LogP contribution in [-0.2, 0) is 6.42 Å². The van der Waals surface area contributed by atoms with Gasteiger partial charge in [0.05, 0.1) is 0 Å². The second-order valence-corrected chi connectivity index (χ2v) is 3.17. The first kappa shape index (κ1) is 9.71. The van der Waals surface area contributed by atoms with Crippen LogP contribution >= 0.6 is 0 Å². The summed E-state index contributed by atoms with van der Waals surface area (Å²) in [4.78, 5) is 7.68. The number of benzene rings is 1. The smallest absolute Gasteiger partial charge is 0.159 e. The fraction of sp³-hybridized carbons (Fsp3) is 0.0909. The summed E-state index contributed by atoms with van der Waals surface area (Å²) in [5.41, 5.74) is 1.56. The Labute approximate surface area is 85.6 Å². The van der Waals surface area contributed by atoms with Crippen molar-refractivity contribution in [2.24, 2.45) is 0 Å². The molecule has 0 amide bonds. The van der Waals surface area contributed by atoms with Crippen molar-refractivity contribution in [3.8, 4) is 0 Å². The van der Waals surface area contributed by atoms with Gasteiger partial charge in [-0.15, -0.1) is 0 Å². The van der Waals surface area contributed by atoms with Gasteiger partial charge in [-0.05, 0) is 23.3 Å². The van der Waals surface area contributed by atoms with Crippen molar-refractivity contribution < 1.29 is 8.78 Å². The van der Waals surface area contributed by atoms with Crippen LogP contribution in [0.2, 0.25) is 0 Å². The Morgan fingerprint density at radius 1 is 0.933 bits per heavy atom. The fourth-order valence-electron chi connectivity index (χ4n) is 1.31. The lowest BCUT2D eigenvalue weighted by molar-refractivity contribution is 0.507. The summed E-state index contributed by atoms with van der Waals surface area (Å²) in [6.45, 7) is 0. The molecule has 0 aliphatic rings. The predicted molar refractivity (Wildman–Crippen MR) is 51.2 cm³/mol. The molecule has 0 saturated carbocycles. The van der Waals surface area contributed by atoms with Crippen molar-refractivity contribution in [2.75, 3.05) is 0 Å². The molecule has 0 aliphatic heterocycles. The van der Waals surface area contributed by atoms with Gasteiger partial charge in [0, 0.05) is 18.8 Å². The number of hydrogen-bond acceptors (Lipinski definition) is 2. The van der Waals surface area contributed by atoms with E-state index in [9.17, 15) is 8.78 Å². The molecule has 76 valence electrons. The molecule has 0 saturated heterocycles. The molecule has 2 aromatic rings. The Hall–Kier alpha value is -1.84. The Morgan fingerprint density at radius 3 is 2.33 bits per heavy atom. The van der Waals surface area contributed by atoms with Crippen LogP contribution in [0.3, 0.4) is 0 Å².